The third kappa shape index (κ3) is 2.29. The van der Waals surface area contributed by atoms with Gasteiger partial charge in [-0.15, -0.1) is 0 Å². The van der Waals surface area contributed by atoms with Gasteiger partial charge in [0.1, 0.15) is 0 Å². The minimum atomic E-state index is -0.355. The molecule has 3 rings (SSSR count). The fourth-order valence-electron chi connectivity index (χ4n) is 2.86. The Kier molecular flexibility index (Phi) is 3.12. The van der Waals surface area contributed by atoms with Gasteiger partial charge < -0.3 is 14.5 Å². The summed E-state index contributed by atoms with van der Waals surface area (Å²) >= 11 is 0. The maximum atomic E-state index is 10.8. The van der Waals surface area contributed by atoms with Gasteiger partial charge in [-0.1, -0.05) is 0 Å². The Bertz CT molecular complexity index is 506. The lowest BCUT2D eigenvalue weighted by atomic mass is 10.1. The second-order valence-corrected chi connectivity index (χ2v) is 5.19. The molecule has 0 aliphatic carbocycles. The zero-order valence-corrected chi connectivity index (χ0v) is 10.9. The highest BCUT2D eigenvalue weighted by Gasteiger charge is 2.30. The maximum Gasteiger partial charge on any atom is 0.269 e. The van der Waals surface area contributed by atoms with E-state index in [-0.39, 0.29) is 10.6 Å². The molecule has 19 heavy (non-hydrogen) atoms. The van der Waals surface area contributed by atoms with Gasteiger partial charge in [0.05, 0.1) is 24.2 Å². The summed E-state index contributed by atoms with van der Waals surface area (Å²) in [5.74, 6) is 0. The number of rotatable bonds is 1. The Balaban J connectivity index is 1.96. The van der Waals surface area contributed by atoms with Gasteiger partial charge in [-0.3, -0.25) is 10.1 Å². The predicted molar refractivity (Wildman–Crippen MR) is 71.4 cm³/mol. The second kappa shape index (κ2) is 4.79. The summed E-state index contributed by atoms with van der Waals surface area (Å²) in [6.07, 6.45) is 0. The topological polar surface area (TPSA) is 58.9 Å². The average molecular weight is 263 g/mol. The van der Waals surface area contributed by atoms with Crippen LogP contribution in [-0.4, -0.2) is 49.2 Å². The van der Waals surface area contributed by atoms with Crippen molar-refractivity contribution in [2.24, 2.45) is 0 Å². The fraction of sp³-hybridized carbons (Fsp3) is 0.538. The van der Waals surface area contributed by atoms with Crippen LogP contribution < -0.4 is 4.90 Å². The van der Waals surface area contributed by atoms with Crippen molar-refractivity contribution in [2.75, 3.05) is 38.2 Å². The molecule has 0 aromatic heterocycles. The molecule has 0 spiro atoms. The van der Waals surface area contributed by atoms with Crippen molar-refractivity contribution in [3.05, 3.63) is 33.9 Å². The Morgan fingerprint density at radius 2 is 2.26 bits per heavy atom. The van der Waals surface area contributed by atoms with Gasteiger partial charge >= 0.3 is 0 Å². The molecule has 0 radical (unpaired) electrons. The van der Waals surface area contributed by atoms with Crippen molar-refractivity contribution in [2.45, 2.75) is 12.6 Å². The minimum absolute atomic E-state index is 0.134. The first-order valence-electron chi connectivity index (χ1n) is 6.45. The molecule has 2 aliphatic heterocycles. The highest BCUT2D eigenvalue weighted by atomic mass is 16.6. The van der Waals surface area contributed by atoms with Gasteiger partial charge in [0, 0.05) is 43.0 Å². The van der Waals surface area contributed by atoms with E-state index in [0.29, 0.717) is 19.3 Å². The lowest BCUT2D eigenvalue weighted by Gasteiger charge is -2.40. The number of non-ortho nitro benzene ring substituents is 1. The molecule has 2 heterocycles. The molecule has 6 nitrogen and oxygen atoms in total. The SMILES string of the molecule is CN1CCN2c3ccc([N+](=O)[O-])cc3COC[C@@H]2C1. The van der Waals surface area contributed by atoms with Crippen LogP contribution in [0, 0.1) is 10.1 Å². The van der Waals surface area contributed by atoms with Gasteiger partial charge in [0.25, 0.3) is 5.69 Å². The van der Waals surface area contributed by atoms with E-state index in [2.05, 4.69) is 16.8 Å². The van der Waals surface area contributed by atoms with Crippen molar-refractivity contribution in [1.29, 1.82) is 0 Å². The molecule has 1 aromatic carbocycles. The summed E-state index contributed by atoms with van der Waals surface area (Å²) in [6.45, 7) is 4.04. The van der Waals surface area contributed by atoms with E-state index < -0.39 is 0 Å². The van der Waals surface area contributed by atoms with Crippen LogP contribution >= 0.6 is 0 Å². The summed E-state index contributed by atoms with van der Waals surface area (Å²) in [7, 11) is 2.11. The van der Waals surface area contributed by atoms with Crippen LogP contribution in [0.5, 0.6) is 0 Å². The number of ether oxygens (including phenoxy) is 1. The number of piperazine rings is 1. The lowest BCUT2D eigenvalue weighted by Crippen LogP contribution is -2.53. The van der Waals surface area contributed by atoms with E-state index >= 15 is 0 Å². The van der Waals surface area contributed by atoms with E-state index in [0.717, 1.165) is 30.9 Å². The first-order valence-corrected chi connectivity index (χ1v) is 6.45. The molecule has 0 bridgehead atoms. The van der Waals surface area contributed by atoms with Crippen LogP contribution in [0.4, 0.5) is 11.4 Å². The summed E-state index contributed by atoms with van der Waals surface area (Å²) in [5.41, 5.74) is 2.14. The molecule has 2 aliphatic rings. The molecule has 0 N–H and O–H groups in total. The number of hydrogen-bond donors (Lipinski definition) is 0. The van der Waals surface area contributed by atoms with Crippen LogP contribution in [0.15, 0.2) is 18.2 Å². The smallest absolute Gasteiger partial charge is 0.269 e. The van der Waals surface area contributed by atoms with Gasteiger partial charge in [0.2, 0.25) is 0 Å². The van der Waals surface area contributed by atoms with Crippen LogP contribution in [-0.2, 0) is 11.3 Å². The van der Waals surface area contributed by atoms with E-state index in [4.69, 9.17) is 4.74 Å². The molecule has 1 aromatic rings. The van der Waals surface area contributed by atoms with Gasteiger partial charge in [0.15, 0.2) is 0 Å². The number of nitro groups is 1. The quantitative estimate of drug-likeness (QED) is 0.563. The summed E-state index contributed by atoms with van der Waals surface area (Å²) in [6, 6.07) is 5.41. The number of hydrogen-bond acceptors (Lipinski definition) is 5. The first-order chi connectivity index (χ1) is 9.15. The van der Waals surface area contributed by atoms with E-state index in [1.165, 1.54) is 0 Å². The second-order valence-electron chi connectivity index (χ2n) is 5.19. The summed E-state index contributed by atoms with van der Waals surface area (Å²) in [5, 5.41) is 10.8. The number of benzene rings is 1. The number of fused-ring (bicyclic) bond motifs is 3. The summed E-state index contributed by atoms with van der Waals surface area (Å²) < 4.78 is 5.68. The standard InChI is InChI=1S/C13H17N3O3/c1-14-4-5-15-12(7-14)9-19-8-10-6-11(16(17)18)2-3-13(10)15/h2-3,6,12H,4-5,7-9H2,1H3/t12-/m0/s1. The van der Waals surface area contributed by atoms with Crippen molar-refractivity contribution in [1.82, 2.24) is 4.90 Å². The third-order valence-electron chi connectivity index (χ3n) is 3.84. The molecular formula is C13H17N3O3. The summed E-state index contributed by atoms with van der Waals surface area (Å²) in [4.78, 5) is 15.1. The minimum Gasteiger partial charge on any atom is -0.375 e. The lowest BCUT2D eigenvalue weighted by molar-refractivity contribution is -0.384. The normalized spacial score (nSPS) is 23.4. The van der Waals surface area contributed by atoms with Gasteiger partial charge in [-0.05, 0) is 13.1 Å². The van der Waals surface area contributed by atoms with Crippen LogP contribution in [0.25, 0.3) is 0 Å². The maximum absolute atomic E-state index is 10.8. The van der Waals surface area contributed by atoms with Crippen molar-refractivity contribution in [3.8, 4) is 0 Å². The van der Waals surface area contributed by atoms with E-state index in [1.807, 2.05) is 6.07 Å². The van der Waals surface area contributed by atoms with Crippen LogP contribution in [0.1, 0.15) is 5.56 Å². The molecule has 1 saturated heterocycles. The van der Waals surface area contributed by atoms with E-state index in [9.17, 15) is 10.1 Å². The highest BCUT2D eigenvalue weighted by Crippen LogP contribution is 2.31. The highest BCUT2D eigenvalue weighted by molar-refractivity contribution is 5.59. The van der Waals surface area contributed by atoms with Crippen molar-refractivity contribution < 1.29 is 9.66 Å². The number of anilines is 1. The van der Waals surface area contributed by atoms with Gasteiger partial charge in [-0.2, -0.15) is 0 Å². The molecular weight excluding hydrogens is 246 g/mol. The molecule has 102 valence electrons. The Labute approximate surface area is 111 Å². The monoisotopic (exact) mass is 263 g/mol. The molecule has 0 unspecified atom stereocenters. The predicted octanol–water partition coefficient (Wildman–Crippen LogP) is 1.25. The number of nitro benzene ring substituents is 1. The zero-order valence-electron chi connectivity index (χ0n) is 10.9. The van der Waals surface area contributed by atoms with Crippen LogP contribution in [0.3, 0.4) is 0 Å². The molecule has 1 atom stereocenters. The first kappa shape index (κ1) is 12.4. The van der Waals surface area contributed by atoms with Crippen molar-refractivity contribution >= 4 is 11.4 Å². The average Bonchev–Trinajstić information content (AvgIpc) is 2.56. The Hall–Kier alpha value is -1.66. The number of likely N-dealkylation sites (N-methyl/N-ethyl adjacent to an activating group) is 1. The van der Waals surface area contributed by atoms with Crippen molar-refractivity contribution in [3.63, 3.8) is 0 Å². The fourth-order valence-corrected chi connectivity index (χ4v) is 2.86. The Morgan fingerprint density at radius 3 is 3.05 bits per heavy atom. The largest absolute Gasteiger partial charge is 0.375 e. The Morgan fingerprint density at radius 1 is 1.42 bits per heavy atom. The molecule has 1 fully saturated rings. The zero-order chi connectivity index (χ0) is 13.4. The van der Waals surface area contributed by atoms with Crippen LogP contribution in [0.2, 0.25) is 0 Å². The molecule has 0 saturated carbocycles. The van der Waals surface area contributed by atoms with E-state index in [1.54, 1.807) is 12.1 Å². The van der Waals surface area contributed by atoms with Gasteiger partial charge in [-0.25, -0.2) is 0 Å². The third-order valence-corrected chi connectivity index (χ3v) is 3.84. The molecule has 0 amide bonds. The number of nitrogens with zero attached hydrogens (tertiary/aromatic N) is 3. The molecule has 6 heteroatoms.